The molecule has 0 spiro atoms. The maximum Gasteiger partial charge on any atom is 0.232 e. The van der Waals surface area contributed by atoms with Crippen molar-refractivity contribution in [3.05, 3.63) is 28.8 Å². The van der Waals surface area contributed by atoms with Crippen LogP contribution in [0.5, 0.6) is 0 Å². The first-order chi connectivity index (χ1) is 9.64. The Morgan fingerprint density at radius 2 is 1.90 bits per heavy atom. The van der Waals surface area contributed by atoms with Crippen LogP contribution in [0.25, 0.3) is 0 Å². The quantitative estimate of drug-likeness (QED) is 0.803. The van der Waals surface area contributed by atoms with Crippen LogP contribution in [0.2, 0.25) is 5.02 Å². The number of hydrogen-bond acceptors (Lipinski definition) is 3. The lowest BCUT2D eigenvalue weighted by Crippen LogP contribution is -2.32. The lowest BCUT2D eigenvalue weighted by molar-refractivity contribution is -0.128. The average Bonchev–Trinajstić information content (AvgIpc) is 2.37. The Kier molecular flexibility index (Phi) is 6.04. The largest absolute Gasteiger partial charge is 0.349 e. The van der Waals surface area contributed by atoms with Gasteiger partial charge in [0.25, 0.3) is 0 Å². The van der Waals surface area contributed by atoms with Gasteiger partial charge in [0, 0.05) is 32.1 Å². The molecule has 0 unspecified atom stereocenters. The molecule has 7 heteroatoms. The molecule has 0 atom stereocenters. The molecule has 5 nitrogen and oxygen atoms in total. The zero-order valence-corrected chi connectivity index (χ0v) is 14.3. The Balaban J connectivity index is 2.93. The van der Waals surface area contributed by atoms with E-state index < -0.39 is 10.0 Å². The lowest BCUT2D eigenvalue weighted by atomic mass is 10.2. The van der Waals surface area contributed by atoms with Crippen molar-refractivity contribution in [3.8, 4) is 0 Å². The highest BCUT2D eigenvalue weighted by atomic mass is 35.5. The molecule has 0 aliphatic heterocycles. The maximum absolute atomic E-state index is 12.0. The van der Waals surface area contributed by atoms with E-state index in [0.717, 1.165) is 6.26 Å². The molecule has 0 heterocycles. The SMILES string of the molecule is Cc1c(Cl)cccc1N(CCCC(=O)N(C)C)S(C)(=O)=O. The molecule has 1 rings (SSSR count). The molecule has 0 aromatic heterocycles. The van der Waals surface area contributed by atoms with Crippen molar-refractivity contribution in [1.29, 1.82) is 0 Å². The summed E-state index contributed by atoms with van der Waals surface area (Å²) >= 11 is 6.05. The number of hydrogen-bond donors (Lipinski definition) is 0. The van der Waals surface area contributed by atoms with E-state index >= 15 is 0 Å². The van der Waals surface area contributed by atoms with Crippen molar-refractivity contribution in [2.24, 2.45) is 0 Å². The van der Waals surface area contributed by atoms with E-state index in [0.29, 0.717) is 29.1 Å². The van der Waals surface area contributed by atoms with E-state index in [1.807, 2.05) is 0 Å². The average molecular weight is 333 g/mol. The topological polar surface area (TPSA) is 57.7 Å². The van der Waals surface area contributed by atoms with E-state index in [9.17, 15) is 13.2 Å². The Bertz CT molecular complexity index is 615. The summed E-state index contributed by atoms with van der Waals surface area (Å²) in [6.45, 7) is 2.03. The number of benzene rings is 1. The number of anilines is 1. The minimum absolute atomic E-state index is 0.0220. The summed E-state index contributed by atoms with van der Waals surface area (Å²) in [6, 6.07) is 5.15. The molecule has 0 saturated carbocycles. The third-order valence-corrected chi connectivity index (χ3v) is 4.75. The lowest BCUT2D eigenvalue weighted by Gasteiger charge is -2.24. The second-order valence-electron chi connectivity index (χ2n) is 5.11. The maximum atomic E-state index is 12.0. The fourth-order valence-corrected chi connectivity index (χ4v) is 3.11. The van der Waals surface area contributed by atoms with Crippen LogP contribution in [0.3, 0.4) is 0 Å². The van der Waals surface area contributed by atoms with Crippen LogP contribution in [0.1, 0.15) is 18.4 Å². The predicted octanol–water partition coefficient (Wildman–Crippen LogP) is 2.28. The molecule has 0 aliphatic rings. The highest BCUT2D eigenvalue weighted by molar-refractivity contribution is 7.92. The molecule has 1 aromatic rings. The van der Waals surface area contributed by atoms with Gasteiger partial charge in [0.15, 0.2) is 0 Å². The summed E-state index contributed by atoms with van der Waals surface area (Å²) in [6.07, 6.45) is 1.91. The van der Waals surface area contributed by atoms with Gasteiger partial charge in [0.2, 0.25) is 15.9 Å². The Hall–Kier alpha value is -1.27. The van der Waals surface area contributed by atoms with Crippen LogP contribution in [0.4, 0.5) is 5.69 Å². The molecule has 1 aromatic carbocycles. The zero-order chi connectivity index (χ0) is 16.2. The molecule has 21 heavy (non-hydrogen) atoms. The van der Waals surface area contributed by atoms with Crippen LogP contribution in [-0.4, -0.2) is 46.1 Å². The fourth-order valence-electron chi connectivity index (χ4n) is 1.93. The van der Waals surface area contributed by atoms with E-state index in [4.69, 9.17) is 11.6 Å². The van der Waals surface area contributed by atoms with Gasteiger partial charge in [-0.2, -0.15) is 0 Å². The highest BCUT2D eigenvalue weighted by Gasteiger charge is 2.20. The first-order valence-electron chi connectivity index (χ1n) is 6.57. The van der Waals surface area contributed by atoms with Crippen LogP contribution in [0.15, 0.2) is 18.2 Å². The molecule has 0 aliphatic carbocycles. The second-order valence-corrected chi connectivity index (χ2v) is 7.42. The summed E-state index contributed by atoms with van der Waals surface area (Å²) < 4.78 is 25.3. The number of carbonyl (C=O) groups excluding carboxylic acids is 1. The van der Waals surface area contributed by atoms with Crippen LogP contribution in [0, 0.1) is 6.92 Å². The summed E-state index contributed by atoms with van der Waals surface area (Å²) in [7, 11) is -0.0689. The van der Waals surface area contributed by atoms with Crippen molar-refractivity contribution in [3.63, 3.8) is 0 Å². The van der Waals surface area contributed by atoms with Crippen LogP contribution >= 0.6 is 11.6 Å². The smallest absolute Gasteiger partial charge is 0.232 e. The molecule has 0 bridgehead atoms. The van der Waals surface area contributed by atoms with Crippen molar-refractivity contribution in [2.75, 3.05) is 31.2 Å². The minimum Gasteiger partial charge on any atom is -0.349 e. The molecule has 0 N–H and O–H groups in total. The van der Waals surface area contributed by atoms with Gasteiger partial charge in [-0.3, -0.25) is 9.10 Å². The van der Waals surface area contributed by atoms with Gasteiger partial charge in [-0.15, -0.1) is 0 Å². The van der Waals surface area contributed by atoms with Gasteiger partial charge >= 0.3 is 0 Å². The first-order valence-corrected chi connectivity index (χ1v) is 8.80. The van der Waals surface area contributed by atoms with Crippen LogP contribution in [-0.2, 0) is 14.8 Å². The number of nitrogens with zero attached hydrogens (tertiary/aromatic N) is 2. The van der Waals surface area contributed by atoms with Gasteiger partial charge in [-0.25, -0.2) is 8.42 Å². The molecular formula is C14H21ClN2O3S. The van der Waals surface area contributed by atoms with Gasteiger partial charge in [0.05, 0.1) is 11.9 Å². The predicted molar refractivity (Wildman–Crippen MR) is 86.3 cm³/mol. The minimum atomic E-state index is -3.43. The molecule has 118 valence electrons. The second kappa shape index (κ2) is 7.13. The highest BCUT2D eigenvalue weighted by Crippen LogP contribution is 2.28. The van der Waals surface area contributed by atoms with Gasteiger partial charge in [0.1, 0.15) is 0 Å². The first kappa shape index (κ1) is 17.8. The van der Waals surface area contributed by atoms with Crippen molar-refractivity contribution in [2.45, 2.75) is 19.8 Å². The molecule has 0 fully saturated rings. The van der Waals surface area contributed by atoms with Crippen molar-refractivity contribution < 1.29 is 13.2 Å². The van der Waals surface area contributed by atoms with Crippen LogP contribution < -0.4 is 4.31 Å². The third kappa shape index (κ3) is 4.89. The summed E-state index contributed by atoms with van der Waals surface area (Å²) in [5.74, 6) is -0.0220. The summed E-state index contributed by atoms with van der Waals surface area (Å²) in [5.41, 5.74) is 1.27. The number of carbonyl (C=O) groups is 1. The fraction of sp³-hybridized carbons (Fsp3) is 0.500. The molecule has 0 saturated heterocycles. The van der Waals surface area contributed by atoms with Crippen molar-refractivity contribution >= 4 is 33.2 Å². The summed E-state index contributed by atoms with van der Waals surface area (Å²) in [4.78, 5) is 13.1. The molecular weight excluding hydrogens is 312 g/mol. The Morgan fingerprint density at radius 1 is 1.29 bits per heavy atom. The Labute approximate surface area is 131 Å². The number of rotatable bonds is 6. The van der Waals surface area contributed by atoms with E-state index in [1.54, 1.807) is 39.2 Å². The van der Waals surface area contributed by atoms with Gasteiger partial charge < -0.3 is 4.90 Å². The van der Waals surface area contributed by atoms with E-state index in [-0.39, 0.29) is 12.5 Å². The monoisotopic (exact) mass is 332 g/mol. The zero-order valence-electron chi connectivity index (χ0n) is 12.8. The summed E-state index contributed by atoms with van der Waals surface area (Å²) in [5, 5.41) is 0.519. The van der Waals surface area contributed by atoms with Gasteiger partial charge in [-0.1, -0.05) is 17.7 Å². The molecule has 0 radical (unpaired) electrons. The standard InChI is InChI=1S/C14H21ClN2O3S/c1-11-12(15)7-5-8-13(11)17(21(4,19)20)10-6-9-14(18)16(2)3/h5,7-8H,6,9-10H2,1-4H3. The third-order valence-electron chi connectivity index (χ3n) is 3.16. The number of amides is 1. The Morgan fingerprint density at radius 3 is 2.43 bits per heavy atom. The van der Waals surface area contributed by atoms with Crippen molar-refractivity contribution in [1.82, 2.24) is 4.90 Å². The van der Waals surface area contributed by atoms with Gasteiger partial charge in [-0.05, 0) is 31.0 Å². The normalized spacial score (nSPS) is 11.3. The number of sulfonamides is 1. The van der Waals surface area contributed by atoms with E-state index in [1.165, 1.54) is 9.21 Å². The number of halogens is 1. The van der Waals surface area contributed by atoms with E-state index in [2.05, 4.69) is 0 Å². The molecule has 1 amide bonds.